The minimum atomic E-state index is -0.703. The van der Waals surface area contributed by atoms with E-state index in [2.05, 4.69) is 5.73 Å². The van der Waals surface area contributed by atoms with Crippen molar-refractivity contribution in [2.24, 2.45) is 0 Å². The fourth-order valence-corrected chi connectivity index (χ4v) is 3.45. The second kappa shape index (κ2) is 10.2. The third kappa shape index (κ3) is 6.45. The van der Waals surface area contributed by atoms with Gasteiger partial charge in [-0.3, -0.25) is 0 Å². The Bertz CT molecular complexity index is 1210. The number of carbonyl (C=O) groups is 1. The highest BCUT2D eigenvalue weighted by molar-refractivity contribution is 6.32. The molecule has 2 aromatic carbocycles. The number of carbonyl (C=O) groups excluding carboxylic acids is 1. The van der Waals surface area contributed by atoms with Crippen LogP contribution in [0.1, 0.15) is 43.0 Å². The standard InChI is InChI=1S/C26H25Cl2NO4/c1-26(2,3)33-25(31)29-16-19(14-17-8-11-20(27)12-9-17)22(24(29)30)7-5-6-18-10-13-21(32-4)15-23(18)28/h6-13,15-16,30H,14H2,1-4H3. The average Bonchev–Trinajstić information content (AvgIpc) is 3.05. The number of benzene rings is 2. The molecule has 33 heavy (non-hydrogen) atoms. The summed E-state index contributed by atoms with van der Waals surface area (Å²) in [5.41, 5.74) is 5.23. The van der Waals surface area contributed by atoms with Crippen LogP contribution in [0, 0.1) is 0 Å². The van der Waals surface area contributed by atoms with Gasteiger partial charge in [0, 0.05) is 22.3 Å². The van der Waals surface area contributed by atoms with Gasteiger partial charge in [-0.2, -0.15) is 0 Å². The number of hydrogen-bond donors (Lipinski definition) is 1. The number of aromatic nitrogens is 1. The molecule has 172 valence electrons. The fourth-order valence-electron chi connectivity index (χ4n) is 3.10. The Balaban J connectivity index is 2.00. The maximum atomic E-state index is 12.6. The smallest absolute Gasteiger partial charge is 0.421 e. The average molecular weight is 486 g/mol. The third-order valence-electron chi connectivity index (χ3n) is 4.67. The molecule has 0 bridgehead atoms. The van der Waals surface area contributed by atoms with Crippen LogP contribution < -0.4 is 4.74 Å². The molecule has 0 unspecified atom stereocenters. The lowest BCUT2D eigenvalue weighted by Gasteiger charge is -2.19. The van der Waals surface area contributed by atoms with Crippen molar-refractivity contribution < 1.29 is 19.4 Å². The Kier molecular flexibility index (Phi) is 7.60. The Morgan fingerprint density at radius 3 is 2.42 bits per heavy atom. The van der Waals surface area contributed by atoms with Gasteiger partial charge in [-0.1, -0.05) is 35.3 Å². The Labute approximate surface area is 203 Å². The molecular formula is C26H25Cl2NO4. The van der Waals surface area contributed by atoms with Gasteiger partial charge in [-0.05, 0) is 80.8 Å². The Morgan fingerprint density at radius 2 is 1.82 bits per heavy atom. The topological polar surface area (TPSA) is 60.7 Å². The summed E-state index contributed by atoms with van der Waals surface area (Å²) >= 11 is 12.3. The van der Waals surface area contributed by atoms with E-state index in [0.717, 1.165) is 21.3 Å². The van der Waals surface area contributed by atoms with Gasteiger partial charge in [0.1, 0.15) is 11.4 Å². The molecular weight excluding hydrogens is 461 g/mol. The molecule has 0 saturated carbocycles. The first kappa shape index (κ1) is 24.5. The highest BCUT2D eigenvalue weighted by Crippen LogP contribution is 2.29. The zero-order chi connectivity index (χ0) is 24.2. The number of aromatic hydroxyl groups is 1. The minimum absolute atomic E-state index is 0.227. The number of nitrogens with zero attached hydrogens (tertiary/aromatic N) is 1. The van der Waals surface area contributed by atoms with Gasteiger partial charge in [0.05, 0.1) is 12.1 Å². The van der Waals surface area contributed by atoms with E-state index in [1.807, 2.05) is 18.2 Å². The lowest BCUT2D eigenvalue weighted by Crippen LogP contribution is -2.26. The molecule has 7 heteroatoms. The quantitative estimate of drug-likeness (QED) is 0.387. The molecule has 0 aliphatic heterocycles. The monoisotopic (exact) mass is 485 g/mol. The molecule has 0 radical (unpaired) electrons. The van der Waals surface area contributed by atoms with E-state index < -0.39 is 11.7 Å². The molecule has 1 N–H and O–H groups in total. The van der Waals surface area contributed by atoms with Crippen LogP contribution in [0.2, 0.25) is 10.0 Å². The zero-order valence-electron chi connectivity index (χ0n) is 18.9. The van der Waals surface area contributed by atoms with Crippen molar-refractivity contribution >= 4 is 41.4 Å². The summed E-state index contributed by atoms with van der Waals surface area (Å²) < 4.78 is 11.7. The molecule has 0 amide bonds. The number of hydrogen-bond acceptors (Lipinski definition) is 4. The molecule has 0 atom stereocenters. The van der Waals surface area contributed by atoms with Crippen LogP contribution in [-0.4, -0.2) is 28.5 Å². The van der Waals surface area contributed by atoms with E-state index in [1.54, 1.807) is 70.5 Å². The second-order valence-electron chi connectivity index (χ2n) is 8.39. The predicted octanol–water partition coefficient (Wildman–Crippen LogP) is 7.21. The lowest BCUT2D eigenvalue weighted by atomic mass is 10.0. The fraction of sp³-hybridized carbons (Fsp3) is 0.231. The van der Waals surface area contributed by atoms with Gasteiger partial charge >= 0.3 is 6.09 Å². The summed E-state index contributed by atoms with van der Waals surface area (Å²) in [6.07, 6.45) is 4.68. The number of halogens is 2. The van der Waals surface area contributed by atoms with E-state index in [-0.39, 0.29) is 5.88 Å². The van der Waals surface area contributed by atoms with Crippen LogP contribution in [0.25, 0.3) is 12.2 Å². The number of ether oxygens (including phenoxy) is 2. The third-order valence-corrected chi connectivity index (χ3v) is 5.25. The molecule has 3 rings (SSSR count). The van der Waals surface area contributed by atoms with E-state index in [9.17, 15) is 9.90 Å². The van der Waals surface area contributed by atoms with Gasteiger partial charge in [-0.25, -0.2) is 9.36 Å². The van der Waals surface area contributed by atoms with Crippen molar-refractivity contribution in [3.05, 3.63) is 86.7 Å². The zero-order valence-corrected chi connectivity index (χ0v) is 20.4. The van der Waals surface area contributed by atoms with Crippen molar-refractivity contribution in [3.8, 4) is 11.6 Å². The second-order valence-corrected chi connectivity index (χ2v) is 9.23. The van der Waals surface area contributed by atoms with Crippen molar-refractivity contribution in [1.82, 2.24) is 4.57 Å². The van der Waals surface area contributed by atoms with Gasteiger partial charge in [-0.15, -0.1) is 5.73 Å². The van der Waals surface area contributed by atoms with Gasteiger partial charge in [0.15, 0.2) is 0 Å². The molecule has 1 heterocycles. The first-order valence-corrected chi connectivity index (χ1v) is 11.0. The molecule has 0 fully saturated rings. The van der Waals surface area contributed by atoms with Crippen molar-refractivity contribution in [2.45, 2.75) is 32.8 Å². The van der Waals surface area contributed by atoms with E-state index in [1.165, 1.54) is 0 Å². The van der Waals surface area contributed by atoms with Crippen LogP contribution in [0.15, 0.2) is 54.4 Å². The van der Waals surface area contributed by atoms with Crippen LogP contribution >= 0.6 is 23.2 Å². The largest absolute Gasteiger partial charge is 0.497 e. The Morgan fingerprint density at radius 1 is 1.12 bits per heavy atom. The summed E-state index contributed by atoms with van der Waals surface area (Å²) in [7, 11) is 1.57. The minimum Gasteiger partial charge on any atom is -0.497 e. The van der Waals surface area contributed by atoms with E-state index in [0.29, 0.717) is 27.8 Å². The molecule has 1 aromatic heterocycles. The molecule has 3 aromatic rings. The van der Waals surface area contributed by atoms with Crippen molar-refractivity contribution in [2.75, 3.05) is 7.11 Å². The highest BCUT2D eigenvalue weighted by Gasteiger charge is 2.23. The SMILES string of the molecule is COc1ccc(C=C=Cc2c(Cc3ccc(Cl)cc3)cn(C(=O)OC(C)(C)C)c2O)c(Cl)c1. The predicted molar refractivity (Wildman–Crippen MR) is 132 cm³/mol. The summed E-state index contributed by atoms with van der Waals surface area (Å²) in [6.45, 7) is 5.30. The van der Waals surface area contributed by atoms with Crippen LogP contribution in [0.3, 0.4) is 0 Å². The molecule has 0 aliphatic carbocycles. The maximum Gasteiger partial charge on any atom is 0.421 e. The number of methoxy groups -OCH3 is 1. The molecule has 0 spiro atoms. The van der Waals surface area contributed by atoms with Crippen LogP contribution in [0.4, 0.5) is 4.79 Å². The first-order chi connectivity index (χ1) is 15.6. The van der Waals surface area contributed by atoms with Gasteiger partial charge in [0.25, 0.3) is 0 Å². The summed E-state index contributed by atoms with van der Waals surface area (Å²) in [5.74, 6) is 0.424. The van der Waals surface area contributed by atoms with Crippen molar-refractivity contribution in [1.29, 1.82) is 0 Å². The van der Waals surface area contributed by atoms with E-state index in [4.69, 9.17) is 32.7 Å². The van der Waals surface area contributed by atoms with E-state index >= 15 is 0 Å². The Hall–Kier alpha value is -3.11. The highest BCUT2D eigenvalue weighted by atomic mass is 35.5. The summed E-state index contributed by atoms with van der Waals surface area (Å²) in [5, 5.41) is 12.0. The molecule has 5 nitrogen and oxygen atoms in total. The van der Waals surface area contributed by atoms with Gasteiger partial charge in [0.2, 0.25) is 5.88 Å². The van der Waals surface area contributed by atoms with Crippen LogP contribution in [-0.2, 0) is 11.2 Å². The molecule has 0 saturated heterocycles. The summed E-state index contributed by atoms with van der Waals surface area (Å²) in [4.78, 5) is 12.6. The summed E-state index contributed by atoms with van der Waals surface area (Å²) in [6, 6.07) is 12.7. The van der Waals surface area contributed by atoms with Gasteiger partial charge < -0.3 is 14.6 Å². The molecule has 0 aliphatic rings. The normalized spacial score (nSPS) is 11.0. The van der Waals surface area contributed by atoms with Crippen molar-refractivity contribution in [3.63, 3.8) is 0 Å². The first-order valence-electron chi connectivity index (χ1n) is 10.2. The van der Waals surface area contributed by atoms with Crippen LogP contribution in [0.5, 0.6) is 11.6 Å². The maximum absolute atomic E-state index is 12.6. The number of rotatable bonds is 5. The lowest BCUT2D eigenvalue weighted by molar-refractivity contribution is 0.0525.